The topological polar surface area (TPSA) is 40.5 Å². The van der Waals surface area contributed by atoms with Crippen LogP contribution in [0.25, 0.3) is 10.1 Å². The molecule has 0 fully saturated rings. The summed E-state index contributed by atoms with van der Waals surface area (Å²) in [4.78, 5) is 15.6. The molecule has 0 saturated carbocycles. The number of halogens is 2. The smallest absolute Gasteiger partial charge is 0.264 e. The van der Waals surface area contributed by atoms with Crippen LogP contribution in [-0.4, -0.2) is 29.1 Å². The molecule has 128 valence electrons. The van der Waals surface area contributed by atoms with Gasteiger partial charge in [0.05, 0.1) is 17.5 Å². The Hall–Kier alpha value is -1.21. The average Bonchev–Trinajstić information content (AvgIpc) is 3.03. The number of nitrogens with zero attached hydrogens (tertiary/aromatic N) is 1. The summed E-state index contributed by atoms with van der Waals surface area (Å²) in [5, 5.41) is 11.0. The minimum atomic E-state index is -0.300. The van der Waals surface area contributed by atoms with Crippen molar-refractivity contribution in [2.24, 2.45) is 0 Å². The summed E-state index contributed by atoms with van der Waals surface area (Å²) < 4.78 is 3.05. The third-order valence-electron chi connectivity index (χ3n) is 4.59. The van der Waals surface area contributed by atoms with Crippen LogP contribution in [0.2, 0.25) is 0 Å². The highest BCUT2D eigenvalue weighted by atomic mass is 79.9. The van der Waals surface area contributed by atoms with E-state index >= 15 is 0 Å². The number of carbonyl (C=O) groups excluding carboxylic acids is 1. The Kier molecular flexibility index (Phi) is 4.71. The number of carbonyl (C=O) groups is 1. The summed E-state index contributed by atoms with van der Waals surface area (Å²) in [5.74, 6) is -0.0120. The van der Waals surface area contributed by atoms with Crippen molar-refractivity contribution in [1.82, 2.24) is 4.90 Å². The average molecular weight is 481 g/mol. The van der Waals surface area contributed by atoms with Crippen LogP contribution in [0, 0.1) is 0 Å². The van der Waals surface area contributed by atoms with E-state index in [1.165, 1.54) is 16.9 Å². The number of rotatable bonds is 2. The molecule has 1 amide bonds. The zero-order chi connectivity index (χ0) is 17.6. The maximum atomic E-state index is 13.1. The molecule has 2 aromatic carbocycles. The van der Waals surface area contributed by atoms with E-state index in [-0.39, 0.29) is 18.6 Å². The first kappa shape index (κ1) is 17.2. The molecule has 2 heterocycles. The lowest BCUT2D eigenvalue weighted by molar-refractivity contribution is 0.0573. The monoisotopic (exact) mass is 479 g/mol. The fourth-order valence-electron chi connectivity index (χ4n) is 3.36. The minimum absolute atomic E-state index is 0.0120. The van der Waals surface area contributed by atoms with Crippen LogP contribution in [-0.2, 0) is 6.42 Å². The van der Waals surface area contributed by atoms with Crippen LogP contribution in [0.3, 0.4) is 0 Å². The van der Waals surface area contributed by atoms with Gasteiger partial charge in [0.2, 0.25) is 0 Å². The molecule has 1 aromatic heterocycles. The lowest BCUT2D eigenvalue weighted by atomic mass is 9.93. The second-order valence-corrected chi connectivity index (χ2v) is 9.00. The number of benzene rings is 2. The highest BCUT2D eigenvalue weighted by molar-refractivity contribution is 9.10. The van der Waals surface area contributed by atoms with Crippen LogP contribution in [0.1, 0.15) is 26.8 Å². The van der Waals surface area contributed by atoms with Crippen molar-refractivity contribution in [2.45, 2.75) is 12.5 Å². The molecule has 0 bridgehead atoms. The first-order valence-corrected chi connectivity index (χ1v) is 10.4. The second-order valence-electron chi connectivity index (χ2n) is 6.08. The molecular formula is C19H15Br2NO2S. The summed E-state index contributed by atoms with van der Waals surface area (Å²) in [6, 6.07) is 13.8. The Bertz CT molecular complexity index is 969. The molecule has 4 rings (SSSR count). The third-order valence-corrected chi connectivity index (χ3v) is 6.66. The van der Waals surface area contributed by atoms with Crippen LogP contribution >= 0.6 is 43.2 Å². The standard InChI is InChI=1S/C19H15Br2NO2S/c20-13-3-1-11-5-6-22(16(10-23)15(11)8-13)19(24)18-7-12-2-4-14(21)9-17(12)25-18/h1-4,7-9,16,23H,5-6,10H2. The van der Waals surface area contributed by atoms with Crippen molar-refractivity contribution in [2.75, 3.05) is 13.2 Å². The summed E-state index contributed by atoms with van der Waals surface area (Å²) in [7, 11) is 0. The fourth-order valence-corrected chi connectivity index (χ4v) is 5.31. The largest absolute Gasteiger partial charge is 0.394 e. The normalized spacial score (nSPS) is 16.9. The Balaban J connectivity index is 1.71. The molecule has 3 aromatic rings. The molecule has 0 aliphatic carbocycles. The van der Waals surface area contributed by atoms with Gasteiger partial charge in [0.1, 0.15) is 0 Å². The van der Waals surface area contributed by atoms with Crippen molar-refractivity contribution < 1.29 is 9.90 Å². The molecule has 1 aliphatic rings. The van der Waals surface area contributed by atoms with Crippen LogP contribution in [0.4, 0.5) is 0 Å². The first-order chi connectivity index (χ1) is 12.1. The molecule has 1 N–H and O–H groups in total. The number of hydrogen-bond acceptors (Lipinski definition) is 3. The van der Waals surface area contributed by atoms with E-state index in [1.807, 2.05) is 36.4 Å². The van der Waals surface area contributed by atoms with Gasteiger partial charge in [-0.2, -0.15) is 0 Å². The Morgan fingerprint density at radius 2 is 1.92 bits per heavy atom. The van der Waals surface area contributed by atoms with E-state index in [2.05, 4.69) is 37.9 Å². The van der Waals surface area contributed by atoms with Crippen molar-refractivity contribution >= 4 is 59.2 Å². The second kappa shape index (κ2) is 6.83. The van der Waals surface area contributed by atoms with Gasteiger partial charge in [-0.25, -0.2) is 0 Å². The van der Waals surface area contributed by atoms with Gasteiger partial charge in [0, 0.05) is 20.2 Å². The molecule has 0 radical (unpaired) electrons. The van der Waals surface area contributed by atoms with Gasteiger partial charge in [0.25, 0.3) is 5.91 Å². The van der Waals surface area contributed by atoms with Gasteiger partial charge in [-0.1, -0.05) is 44.0 Å². The van der Waals surface area contributed by atoms with Crippen LogP contribution < -0.4 is 0 Å². The van der Waals surface area contributed by atoms with E-state index in [4.69, 9.17) is 0 Å². The maximum Gasteiger partial charge on any atom is 0.264 e. The molecule has 1 atom stereocenters. The Morgan fingerprint density at radius 1 is 1.16 bits per heavy atom. The molecular weight excluding hydrogens is 466 g/mol. The maximum absolute atomic E-state index is 13.1. The lowest BCUT2D eigenvalue weighted by Gasteiger charge is -2.36. The van der Waals surface area contributed by atoms with Crippen LogP contribution in [0.5, 0.6) is 0 Å². The van der Waals surface area contributed by atoms with Crippen molar-refractivity contribution in [3.8, 4) is 0 Å². The van der Waals surface area contributed by atoms with Gasteiger partial charge in [0.15, 0.2) is 0 Å². The van der Waals surface area contributed by atoms with Gasteiger partial charge < -0.3 is 10.0 Å². The van der Waals surface area contributed by atoms with Crippen molar-refractivity contribution in [3.05, 3.63) is 67.4 Å². The van der Waals surface area contributed by atoms with Crippen molar-refractivity contribution in [1.29, 1.82) is 0 Å². The molecule has 0 saturated heterocycles. The zero-order valence-electron chi connectivity index (χ0n) is 13.2. The molecule has 25 heavy (non-hydrogen) atoms. The van der Waals surface area contributed by atoms with Gasteiger partial charge in [-0.3, -0.25) is 4.79 Å². The molecule has 0 spiro atoms. The Morgan fingerprint density at radius 3 is 2.72 bits per heavy atom. The quantitative estimate of drug-likeness (QED) is 0.550. The number of thiophene rings is 1. The predicted molar refractivity (Wildman–Crippen MR) is 108 cm³/mol. The summed E-state index contributed by atoms with van der Waals surface area (Å²) in [6.45, 7) is 0.544. The number of amides is 1. The summed E-state index contributed by atoms with van der Waals surface area (Å²) >= 11 is 8.46. The van der Waals surface area contributed by atoms with E-state index in [1.54, 1.807) is 4.90 Å². The van der Waals surface area contributed by atoms with Gasteiger partial charge in [-0.15, -0.1) is 11.3 Å². The number of aliphatic hydroxyl groups excluding tert-OH is 1. The van der Waals surface area contributed by atoms with E-state index in [0.29, 0.717) is 11.4 Å². The summed E-state index contributed by atoms with van der Waals surface area (Å²) in [5.41, 5.74) is 2.23. The number of aliphatic hydroxyl groups is 1. The van der Waals surface area contributed by atoms with E-state index < -0.39 is 0 Å². The minimum Gasteiger partial charge on any atom is -0.394 e. The SMILES string of the molecule is O=C(c1cc2ccc(Br)cc2s1)N1CCc2ccc(Br)cc2C1CO. The number of fused-ring (bicyclic) bond motifs is 2. The van der Waals surface area contributed by atoms with Gasteiger partial charge >= 0.3 is 0 Å². The van der Waals surface area contributed by atoms with E-state index in [0.717, 1.165) is 31.0 Å². The molecule has 6 heteroatoms. The predicted octanol–water partition coefficient (Wildman–Crippen LogP) is 5.16. The number of hydrogen-bond donors (Lipinski definition) is 1. The molecule has 3 nitrogen and oxygen atoms in total. The third kappa shape index (κ3) is 3.16. The van der Waals surface area contributed by atoms with Crippen LogP contribution in [0.15, 0.2) is 51.4 Å². The fraction of sp³-hybridized carbons (Fsp3) is 0.211. The van der Waals surface area contributed by atoms with Gasteiger partial charge in [-0.05, 0) is 53.3 Å². The lowest BCUT2D eigenvalue weighted by Crippen LogP contribution is -2.41. The first-order valence-electron chi connectivity index (χ1n) is 7.96. The Labute approximate surface area is 166 Å². The highest BCUT2D eigenvalue weighted by Gasteiger charge is 2.31. The van der Waals surface area contributed by atoms with E-state index in [9.17, 15) is 9.90 Å². The highest BCUT2D eigenvalue weighted by Crippen LogP contribution is 2.35. The molecule has 1 aliphatic heterocycles. The van der Waals surface area contributed by atoms with Crippen molar-refractivity contribution in [3.63, 3.8) is 0 Å². The summed E-state index contributed by atoms with van der Waals surface area (Å²) in [6.07, 6.45) is 0.807. The molecule has 1 unspecified atom stereocenters. The zero-order valence-corrected chi connectivity index (χ0v) is 17.2.